The van der Waals surface area contributed by atoms with Gasteiger partial charge in [-0.3, -0.25) is 9.59 Å². The Bertz CT molecular complexity index is 491. The van der Waals surface area contributed by atoms with Gasteiger partial charge in [0.1, 0.15) is 5.82 Å². The highest BCUT2D eigenvalue weighted by Gasteiger charge is 2.18. The lowest BCUT2D eigenvalue weighted by atomic mass is 10.1. The monoisotopic (exact) mass is 257 g/mol. The number of nitrogens with one attached hydrogen (secondary N) is 1. The lowest BCUT2D eigenvalue weighted by Gasteiger charge is -2.13. The van der Waals surface area contributed by atoms with Crippen molar-refractivity contribution in [1.82, 2.24) is 5.32 Å². The number of nitrogens with two attached hydrogens (primary N) is 2. The summed E-state index contributed by atoms with van der Waals surface area (Å²) in [5.74, 6) is -3.28. The maximum atomic E-state index is 13.5. The molecule has 1 atom stereocenters. The van der Waals surface area contributed by atoms with E-state index in [1.54, 1.807) is 0 Å². The van der Waals surface area contributed by atoms with Crippen LogP contribution in [0.5, 0.6) is 0 Å². The summed E-state index contributed by atoms with van der Waals surface area (Å²) in [6.45, 7) is 1.52. The smallest absolute Gasteiger partial charge is 0.254 e. The Morgan fingerprint density at radius 3 is 2.56 bits per heavy atom. The van der Waals surface area contributed by atoms with Gasteiger partial charge in [0.05, 0.1) is 11.3 Å². The number of amides is 2. The van der Waals surface area contributed by atoms with Gasteiger partial charge in [0, 0.05) is 12.5 Å². The summed E-state index contributed by atoms with van der Waals surface area (Å²) in [5, 5.41) is 2.32. The molecule has 0 radical (unpaired) electrons. The second-order valence-electron chi connectivity index (χ2n) is 3.90. The van der Waals surface area contributed by atoms with E-state index in [2.05, 4.69) is 5.32 Å². The highest BCUT2D eigenvalue weighted by Crippen LogP contribution is 2.17. The number of halogens is 2. The molecule has 0 saturated carbocycles. The van der Waals surface area contributed by atoms with Gasteiger partial charge in [-0.05, 0) is 19.1 Å². The minimum absolute atomic E-state index is 0.0991. The minimum atomic E-state index is -1.000. The molecule has 0 aliphatic rings. The fourth-order valence-electron chi connectivity index (χ4n) is 1.43. The number of primary amides is 1. The van der Waals surface area contributed by atoms with Gasteiger partial charge in [-0.2, -0.15) is 0 Å². The topological polar surface area (TPSA) is 98.2 Å². The molecule has 1 rings (SSSR count). The first-order valence-corrected chi connectivity index (χ1v) is 5.15. The van der Waals surface area contributed by atoms with Gasteiger partial charge in [-0.15, -0.1) is 0 Å². The van der Waals surface area contributed by atoms with Crippen LogP contribution in [-0.4, -0.2) is 17.9 Å². The molecule has 0 aromatic heterocycles. The fourth-order valence-corrected chi connectivity index (χ4v) is 1.43. The second-order valence-corrected chi connectivity index (χ2v) is 3.90. The van der Waals surface area contributed by atoms with Crippen LogP contribution in [0.25, 0.3) is 0 Å². The molecule has 18 heavy (non-hydrogen) atoms. The molecule has 2 amide bonds. The molecule has 0 heterocycles. The van der Waals surface area contributed by atoms with Gasteiger partial charge in [0.15, 0.2) is 5.82 Å². The van der Waals surface area contributed by atoms with Crippen molar-refractivity contribution in [2.45, 2.75) is 19.4 Å². The van der Waals surface area contributed by atoms with Crippen LogP contribution in [0, 0.1) is 11.6 Å². The molecule has 0 saturated heterocycles. The number of hydrogen-bond acceptors (Lipinski definition) is 3. The largest absolute Gasteiger partial charge is 0.396 e. The molecule has 7 heteroatoms. The number of nitrogen functional groups attached to an aromatic ring is 1. The van der Waals surface area contributed by atoms with E-state index in [4.69, 9.17) is 11.5 Å². The van der Waals surface area contributed by atoms with Crippen LogP contribution in [-0.2, 0) is 4.79 Å². The van der Waals surface area contributed by atoms with E-state index in [0.29, 0.717) is 0 Å². The van der Waals surface area contributed by atoms with Gasteiger partial charge < -0.3 is 16.8 Å². The normalized spacial score (nSPS) is 11.9. The van der Waals surface area contributed by atoms with Gasteiger partial charge in [0.25, 0.3) is 5.91 Å². The van der Waals surface area contributed by atoms with Crippen LogP contribution in [0.2, 0.25) is 0 Å². The molecule has 0 aliphatic heterocycles. The number of benzene rings is 1. The van der Waals surface area contributed by atoms with Crippen molar-refractivity contribution in [2.75, 3.05) is 5.73 Å². The number of rotatable bonds is 4. The van der Waals surface area contributed by atoms with Crippen molar-refractivity contribution >= 4 is 17.5 Å². The third-order valence-corrected chi connectivity index (χ3v) is 2.20. The molecule has 1 unspecified atom stereocenters. The van der Waals surface area contributed by atoms with Crippen molar-refractivity contribution in [3.8, 4) is 0 Å². The minimum Gasteiger partial charge on any atom is -0.396 e. The predicted molar refractivity (Wildman–Crippen MR) is 61.5 cm³/mol. The van der Waals surface area contributed by atoms with Crippen molar-refractivity contribution in [1.29, 1.82) is 0 Å². The number of hydrogen-bond donors (Lipinski definition) is 3. The van der Waals surface area contributed by atoms with E-state index in [-0.39, 0.29) is 6.42 Å². The first-order chi connectivity index (χ1) is 8.31. The molecule has 0 spiro atoms. The van der Waals surface area contributed by atoms with Crippen LogP contribution in [0.1, 0.15) is 23.7 Å². The average Bonchev–Trinajstić information content (AvgIpc) is 2.21. The first kappa shape index (κ1) is 13.9. The average molecular weight is 257 g/mol. The third kappa shape index (κ3) is 3.41. The van der Waals surface area contributed by atoms with Crippen LogP contribution in [0.3, 0.4) is 0 Å². The van der Waals surface area contributed by atoms with Gasteiger partial charge in [0.2, 0.25) is 5.91 Å². The summed E-state index contributed by atoms with van der Waals surface area (Å²) in [7, 11) is 0. The van der Waals surface area contributed by atoms with Crippen LogP contribution >= 0.6 is 0 Å². The SMILES string of the molecule is CC(CC(N)=O)NC(=O)c1cc(F)cc(N)c1F. The fraction of sp³-hybridized carbons (Fsp3) is 0.273. The molecule has 98 valence electrons. The Kier molecular flexibility index (Phi) is 4.19. The molecule has 5 nitrogen and oxygen atoms in total. The zero-order valence-electron chi connectivity index (χ0n) is 9.67. The van der Waals surface area contributed by atoms with E-state index in [1.165, 1.54) is 6.92 Å². The summed E-state index contributed by atoms with van der Waals surface area (Å²) in [6.07, 6.45) is -0.0991. The van der Waals surface area contributed by atoms with Crippen LogP contribution in [0.4, 0.5) is 14.5 Å². The summed E-state index contributed by atoms with van der Waals surface area (Å²) in [5.41, 5.74) is 9.18. The van der Waals surface area contributed by atoms with E-state index < -0.39 is 40.7 Å². The molecule has 5 N–H and O–H groups in total. The molecule has 0 aliphatic carbocycles. The highest BCUT2D eigenvalue weighted by atomic mass is 19.1. The summed E-state index contributed by atoms with van der Waals surface area (Å²) < 4.78 is 26.5. The predicted octanol–water partition coefficient (Wildman–Crippen LogP) is 0.541. The Balaban J connectivity index is 2.88. The van der Waals surface area contributed by atoms with Gasteiger partial charge in [-0.1, -0.05) is 0 Å². The molecular weight excluding hydrogens is 244 g/mol. The van der Waals surface area contributed by atoms with E-state index in [0.717, 1.165) is 12.1 Å². The highest BCUT2D eigenvalue weighted by molar-refractivity contribution is 5.95. The quantitative estimate of drug-likeness (QED) is 0.686. The van der Waals surface area contributed by atoms with Crippen molar-refractivity contribution in [3.63, 3.8) is 0 Å². The summed E-state index contributed by atoms with van der Waals surface area (Å²) in [4.78, 5) is 22.3. The van der Waals surface area contributed by atoms with E-state index >= 15 is 0 Å². The maximum absolute atomic E-state index is 13.5. The zero-order chi connectivity index (χ0) is 13.9. The standard InChI is InChI=1S/C11H13F2N3O2/c1-5(2-9(15)17)16-11(18)7-3-6(12)4-8(14)10(7)13/h3-5H,2,14H2,1H3,(H2,15,17)(H,16,18). The molecular formula is C11H13F2N3O2. The van der Waals surface area contributed by atoms with E-state index in [9.17, 15) is 18.4 Å². The molecule has 0 bridgehead atoms. The van der Waals surface area contributed by atoms with Gasteiger partial charge in [-0.25, -0.2) is 8.78 Å². The Morgan fingerprint density at radius 2 is 2.00 bits per heavy atom. The van der Waals surface area contributed by atoms with Crippen LogP contribution < -0.4 is 16.8 Å². The first-order valence-electron chi connectivity index (χ1n) is 5.15. The Morgan fingerprint density at radius 1 is 1.39 bits per heavy atom. The second kappa shape index (κ2) is 5.44. The molecule has 1 aromatic rings. The van der Waals surface area contributed by atoms with Crippen molar-refractivity contribution < 1.29 is 18.4 Å². The molecule has 1 aromatic carbocycles. The summed E-state index contributed by atoms with van der Waals surface area (Å²) in [6, 6.07) is 0.927. The Hall–Kier alpha value is -2.18. The lowest BCUT2D eigenvalue weighted by molar-refractivity contribution is -0.118. The third-order valence-electron chi connectivity index (χ3n) is 2.20. The maximum Gasteiger partial charge on any atom is 0.254 e. The number of anilines is 1. The number of carbonyl (C=O) groups is 2. The van der Waals surface area contributed by atoms with Crippen molar-refractivity contribution in [3.05, 3.63) is 29.3 Å². The number of carbonyl (C=O) groups excluding carboxylic acids is 2. The van der Waals surface area contributed by atoms with Crippen molar-refractivity contribution in [2.24, 2.45) is 5.73 Å². The summed E-state index contributed by atoms with van der Waals surface area (Å²) >= 11 is 0. The Labute approximate surface area is 102 Å². The lowest BCUT2D eigenvalue weighted by Crippen LogP contribution is -2.36. The molecule has 0 fully saturated rings. The van der Waals surface area contributed by atoms with Crippen LogP contribution in [0.15, 0.2) is 12.1 Å². The zero-order valence-corrected chi connectivity index (χ0v) is 9.67. The van der Waals surface area contributed by atoms with Gasteiger partial charge >= 0.3 is 0 Å². The van der Waals surface area contributed by atoms with E-state index in [1.807, 2.05) is 0 Å².